The maximum atomic E-state index is 13.6. The first-order valence-corrected chi connectivity index (χ1v) is 14.1. The molecule has 3 aromatic rings. The average molecular weight is 559 g/mol. The smallest absolute Gasteiger partial charge is 0.313 e. The first-order valence-electron chi connectivity index (χ1n) is 13.3. The molecule has 2 aromatic heterocycles. The van der Waals surface area contributed by atoms with Crippen LogP contribution in [0, 0.1) is 5.92 Å². The van der Waals surface area contributed by atoms with Crippen molar-refractivity contribution in [2.45, 2.75) is 65.0 Å². The van der Waals surface area contributed by atoms with Crippen molar-refractivity contribution in [1.82, 2.24) is 20.2 Å². The maximum absolute atomic E-state index is 13.6. The molecule has 1 aliphatic heterocycles. The number of hydrogen-bond donors (Lipinski definition) is 1. The molecule has 1 N–H and O–H groups in total. The van der Waals surface area contributed by atoms with Crippen molar-refractivity contribution in [2.75, 3.05) is 13.1 Å². The number of benzene rings is 1. The van der Waals surface area contributed by atoms with E-state index in [1.54, 1.807) is 23.4 Å². The molecule has 208 valence electrons. The molecule has 0 saturated carbocycles. The maximum Gasteiger partial charge on any atom is 0.313 e. The number of carbonyl (C=O) groups excluding carboxylic acids is 3. The molecular weight excluding hydrogens is 523 g/mol. The Bertz CT molecular complexity index is 1370. The molecule has 1 saturated heterocycles. The van der Waals surface area contributed by atoms with Gasteiger partial charge in [0.25, 0.3) is 5.91 Å². The van der Waals surface area contributed by atoms with Gasteiger partial charge in [0.15, 0.2) is 5.82 Å². The molecule has 4 rings (SSSR count). The van der Waals surface area contributed by atoms with Crippen molar-refractivity contribution in [3.8, 4) is 11.4 Å². The second-order valence-electron chi connectivity index (χ2n) is 12.2. The predicted molar refractivity (Wildman–Crippen MR) is 157 cm³/mol. The number of nitrogens with zero attached hydrogens (tertiary/aromatic N) is 3. The second kappa shape index (κ2) is 11.5. The fraction of sp³-hybridized carbons (Fsp3) is 0.433. The lowest BCUT2D eigenvalue weighted by Gasteiger charge is -2.40. The van der Waals surface area contributed by atoms with E-state index in [2.05, 4.69) is 36.1 Å². The molecular formula is C30H35BN4O4S. The Labute approximate surface area is 241 Å². The van der Waals surface area contributed by atoms with Crippen LogP contribution in [-0.2, 0) is 26.2 Å². The number of amides is 2. The van der Waals surface area contributed by atoms with Gasteiger partial charge in [0.1, 0.15) is 19.5 Å². The summed E-state index contributed by atoms with van der Waals surface area (Å²) in [6, 6.07) is 10.5. The number of hydrogen-bond acceptors (Lipinski definition) is 7. The van der Waals surface area contributed by atoms with Crippen LogP contribution in [0.15, 0.2) is 48.8 Å². The Balaban J connectivity index is 1.49. The topological polar surface area (TPSA) is 101 Å². The van der Waals surface area contributed by atoms with Crippen molar-refractivity contribution < 1.29 is 19.1 Å². The first-order chi connectivity index (χ1) is 18.7. The van der Waals surface area contributed by atoms with Gasteiger partial charge < -0.3 is 15.0 Å². The summed E-state index contributed by atoms with van der Waals surface area (Å²) < 4.78 is 5.47. The molecule has 1 atom stereocenters. The van der Waals surface area contributed by atoms with E-state index in [9.17, 15) is 14.4 Å². The van der Waals surface area contributed by atoms with Gasteiger partial charge in [-0.2, -0.15) is 0 Å². The lowest BCUT2D eigenvalue weighted by Crippen LogP contribution is -2.59. The van der Waals surface area contributed by atoms with Crippen LogP contribution in [-0.4, -0.2) is 65.2 Å². The number of aromatic nitrogens is 2. The van der Waals surface area contributed by atoms with Gasteiger partial charge in [-0.1, -0.05) is 50.5 Å². The van der Waals surface area contributed by atoms with E-state index in [-0.39, 0.29) is 42.2 Å². The third-order valence-corrected chi connectivity index (χ3v) is 7.94. The summed E-state index contributed by atoms with van der Waals surface area (Å²) in [5.74, 6) is -0.666. The molecule has 0 spiro atoms. The van der Waals surface area contributed by atoms with Crippen LogP contribution in [0.2, 0.25) is 0 Å². The summed E-state index contributed by atoms with van der Waals surface area (Å²) in [4.78, 5) is 51.0. The van der Waals surface area contributed by atoms with Gasteiger partial charge in [0, 0.05) is 42.3 Å². The highest BCUT2D eigenvalue weighted by Gasteiger charge is 2.40. The van der Waals surface area contributed by atoms with Crippen molar-refractivity contribution in [2.24, 2.45) is 5.92 Å². The van der Waals surface area contributed by atoms with Gasteiger partial charge in [-0.25, -0.2) is 9.97 Å². The molecule has 2 radical (unpaired) electrons. The van der Waals surface area contributed by atoms with Crippen LogP contribution >= 0.6 is 11.3 Å². The highest BCUT2D eigenvalue weighted by molar-refractivity contribution is 7.14. The van der Waals surface area contributed by atoms with E-state index < -0.39 is 11.6 Å². The molecule has 1 fully saturated rings. The van der Waals surface area contributed by atoms with Crippen LogP contribution in [0.3, 0.4) is 0 Å². The van der Waals surface area contributed by atoms with Crippen molar-refractivity contribution in [3.05, 3.63) is 64.1 Å². The molecule has 1 aliphatic rings. The van der Waals surface area contributed by atoms with Crippen molar-refractivity contribution in [1.29, 1.82) is 0 Å². The zero-order chi connectivity index (χ0) is 29.2. The van der Waals surface area contributed by atoms with E-state index in [1.807, 2.05) is 51.1 Å². The van der Waals surface area contributed by atoms with Gasteiger partial charge in [-0.15, -0.1) is 11.3 Å². The third kappa shape index (κ3) is 7.35. The minimum absolute atomic E-state index is 0.0807. The van der Waals surface area contributed by atoms with Gasteiger partial charge >= 0.3 is 5.97 Å². The Kier molecular flexibility index (Phi) is 8.49. The van der Waals surface area contributed by atoms with Crippen LogP contribution in [0.25, 0.3) is 11.4 Å². The van der Waals surface area contributed by atoms with Crippen LogP contribution in [0.1, 0.15) is 61.7 Å². The average Bonchev–Trinajstić information content (AvgIpc) is 3.34. The Hall–Kier alpha value is -3.53. The molecule has 8 nitrogen and oxygen atoms in total. The van der Waals surface area contributed by atoms with Gasteiger partial charge in [0.05, 0.1) is 10.8 Å². The second-order valence-corrected chi connectivity index (χ2v) is 13.2. The van der Waals surface area contributed by atoms with Gasteiger partial charge in [-0.05, 0) is 43.9 Å². The Morgan fingerprint density at radius 1 is 1.02 bits per heavy atom. The number of nitrogens with one attached hydrogen (secondary N) is 1. The molecule has 0 aliphatic carbocycles. The summed E-state index contributed by atoms with van der Waals surface area (Å²) in [6.07, 6.45) is 3.39. The molecule has 1 unspecified atom stereocenters. The molecule has 0 bridgehead atoms. The van der Waals surface area contributed by atoms with Gasteiger partial charge in [0.2, 0.25) is 5.91 Å². The van der Waals surface area contributed by atoms with Crippen molar-refractivity contribution >= 4 is 42.4 Å². The Morgan fingerprint density at radius 3 is 2.20 bits per heavy atom. The van der Waals surface area contributed by atoms with E-state index in [1.165, 1.54) is 11.3 Å². The van der Waals surface area contributed by atoms with E-state index in [4.69, 9.17) is 12.6 Å². The van der Waals surface area contributed by atoms with Gasteiger partial charge in [-0.3, -0.25) is 14.4 Å². The highest BCUT2D eigenvalue weighted by Crippen LogP contribution is 2.30. The predicted octanol–water partition coefficient (Wildman–Crippen LogP) is 3.44. The zero-order valence-electron chi connectivity index (χ0n) is 23.9. The summed E-state index contributed by atoms with van der Waals surface area (Å²) in [6.45, 7) is 12.3. The molecule has 1 aromatic carbocycles. The number of likely N-dealkylation sites (tertiary alicyclic amines) is 1. The monoisotopic (exact) mass is 558 g/mol. The van der Waals surface area contributed by atoms with E-state index in [0.717, 1.165) is 16.0 Å². The Morgan fingerprint density at radius 2 is 1.65 bits per heavy atom. The highest BCUT2D eigenvalue weighted by atomic mass is 32.1. The fourth-order valence-electron chi connectivity index (χ4n) is 4.22. The van der Waals surface area contributed by atoms with Crippen LogP contribution in [0.4, 0.5) is 0 Å². The number of esters is 1. The van der Waals surface area contributed by atoms with Crippen LogP contribution in [0.5, 0.6) is 0 Å². The van der Waals surface area contributed by atoms with Crippen LogP contribution < -0.4 is 10.8 Å². The summed E-state index contributed by atoms with van der Waals surface area (Å²) in [5, 5.41) is 2.96. The summed E-state index contributed by atoms with van der Waals surface area (Å²) >= 11 is 1.43. The first kappa shape index (κ1) is 29.5. The standard InChI is InChI=1S/C30H35BN4O4S/c1-29(2,3)24-12-11-23(40-24)26(36)34-22(27(37)35-16-20(17-35)28(38)39-30(4,5)6)13-18-7-9-19(10-8-18)25-32-14-21(31)15-33-25/h7-12,14-15,20,22H,13,16-17H2,1-6H3,(H,34,36). The number of rotatable bonds is 7. The minimum atomic E-state index is -0.800. The van der Waals surface area contributed by atoms with Crippen molar-refractivity contribution in [3.63, 3.8) is 0 Å². The SMILES string of the molecule is [B]c1cnc(-c2ccc(CC(NC(=O)c3ccc(C(C)(C)C)s3)C(=O)N3CC(C(=O)OC(C)(C)C)C3)cc2)nc1. The lowest BCUT2D eigenvalue weighted by atomic mass is 9.95. The zero-order valence-corrected chi connectivity index (χ0v) is 24.7. The number of carbonyl (C=O) groups is 3. The molecule has 3 heterocycles. The van der Waals surface area contributed by atoms with E-state index >= 15 is 0 Å². The van der Waals surface area contributed by atoms with E-state index in [0.29, 0.717) is 22.6 Å². The molecule has 40 heavy (non-hydrogen) atoms. The third-order valence-electron chi connectivity index (χ3n) is 6.43. The molecule has 10 heteroatoms. The molecule has 2 amide bonds. The lowest BCUT2D eigenvalue weighted by molar-refractivity contribution is -0.168. The normalized spacial score (nSPS) is 14.8. The fourth-order valence-corrected chi connectivity index (χ4v) is 5.19. The largest absolute Gasteiger partial charge is 0.460 e. The number of ether oxygens (including phenoxy) is 1. The minimum Gasteiger partial charge on any atom is -0.460 e. The number of thiophene rings is 1. The summed E-state index contributed by atoms with van der Waals surface area (Å²) in [7, 11) is 5.69. The summed E-state index contributed by atoms with van der Waals surface area (Å²) in [5.41, 5.74) is 1.49. The quantitative estimate of drug-likeness (QED) is 0.352.